The fourth-order valence-electron chi connectivity index (χ4n) is 2.29. The van der Waals surface area contributed by atoms with Crippen molar-refractivity contribution in [2.75, 3.05) is 10.6 Å². The summed E-state index contributed by atoms with van der Waals surface area (Å²) in [6.45, 7) is 4.84. The first-order chi connectivity index (χ1) is 11.7. The molecule has 0 saturated carbocycles. The van der Waals surface area contributed by atoms with Crippen molar-refractivity contribution in [3.63, 3.8) is 0 Å². The highest BCUT2D eigenvalue weighted by atomic mass is 15.2. The van der Waals surface area contributed by atoms with Crippen molar-refractivity contribution in [1.29, 1.82) is 0 Å². The van der Waals surface area contributed by atoms with Crippen molar-refractivity contribution in [2.24, 2.45) is 0 Å². The molecule has 0 radical (unpaired) electrons. The third kappa shape index (κ3) is 4.29. The van der Waals surface area contributed by atoms with Crippen LogP contribution in [0.15, 0.2) is 60.8 Å². The quantitative estimate of drug-likeness (QED) is 0.720. The van der Waals surface area contributed by atoms with Crippen LogP contribution in [-0.2, 0) is 6.54 Å². The molecule has 0 spiro atoms. The van der Waals surface area contributed by atoms with Gasteiger partial charge in [0.05, 0.1) is 11.4 Å². The molecule has 0 aliphatic carbocycles. The van der Waals surface area contributed by atoms with Gasteiger partial charge in [0.1, 0.15) is 5.82 Å². The lowest BCUT2D eigenvalue weighted by molar-refractivity contribution is 0.874. The van der Waals surface area contributed by atoms with Crippen LogP contribution in [0.5, 0.6) is 0 Å². The van der Waals surface area contributed by atoms with E-state index in [1.54, 1.807) is 6.20 Å². The van der Waals surface area contributed by atoms with Gasteiger partial charge in [-0.1, -0.05) is 36.4 Å². The van der Waals surface area contributed by atoms with E-state index in [4.69, 9.17) is 0 Å². The van der Waals surface area contributed by atoms with E-state index in [9.17, 15) is 0 Å². The fourth-order valence-corrected chi connectivity index (χ4v) is 2.29. The normalized spacial score (nSPS) is 10.6. The van der Waals surface area contributed by atoms with Gasteiger partial charge in [-0.25, -0.2) is 4.98 Å². The molecule has 0 aliphatic heterocycles. The minimum atomic E-state index is 0.256. The van der Waals surface area contributed by atoms with Crippen molar-refractivity contribution in [1.82, 2.24) is 15.0 Å². The van der Waals surface area contributed by atoms with Crippen LogP contribution >= 0.6 is 0 Å². The molecule has 0 bridgehead atoms. The number of hydrogen-bond acceptors (Lipinski definition) is 5. The molecule has 0 saturated heterocycles. The van der Waals surface area contributed by atoms with Gasteiger partial charge in [0.15, 0.2) is 0 Å². The molecule has 0 aliphatic rings. The number of nitrogens with zero attached hydrogens (tertiary/aromatic N) is 3. The predicted octanol–water partition coefficient (Wildman–Crippen LogP) is 3.97. The standard InChI is InChI=1S/C19H21N5/c1-14(2)22-19-23-17(16-10-6-7-11-20-16)12-18(24-19)21-13-15-8-4-3-5-9-15/h3-12,14H,13H2,1-2H3,(H2,21,22,23,24). The summed E-state index contributed by atoms with van der Waals surface area (Å²) in [5.74, 6) is 1.38. The van der Waals surface area contributed by atoms with E-state index < -0.39 is 0 Å². The molecular weight excluding hydrogens is 298 g/mol. The van der Waals surface area contributed by atoms with Crippen LogP contribution in [0.3, 0.4) is 0 Å². The van der Waals surface area contributed by atoms with Crippen LogP contribution in [0.25, 0.3) is 11.4 Å². The second-order valence-corrected chi connectivity index (χ2v) is 5.82. The highest BCUT2D eigenvalue weighted by Gasteiger charge is 2.08. The van der Waals surface area contributed by atoms with Gasteiger partial charge in [0.2, 0.25) is 5.95 Å². The summed E-state index contributed by atoms with van der Waals surface area (Å²) >= 11 is 0. The Morgan fingerprint density at radius 1 is 0.917 bits per heavy atom. The van der Waals surface area contributed by atoms with Crippen LogP contribution in [0.4, 0.5) is 11.8 Å². The Morgan fingerprint density at radius 3 is 2.42 bits per heavy atom. The highest BCUT2D eigenvalue weighted by Crippen LogP contribution is 2.20. The highest BCUT2D eigenvalue weighted by molar-refractivity contribution is 5.61. The first-order valence-corrected chi connectivity index (χ1v) is 8.05. The Hall–Kier alpha value is -2.95. The summed E-state index contributed by atoms with van der Waals surface area (Å²) in [4.78, 5) is 13.5. The second kappa shape index (κ2) is 7.55. The van der Waals surface area contributed by atoms with Gasteiger partial charge in [0.25, 0.3) is 0 Å². The zero-order chi connectivity index (χ0) is 16.8. The molecule has 5 nitrogen and oxygen atoms in total. The lowest BCUT2D eigenvalue weighted by atomic mass is 10.2. The average molecular weight is 319 g/mol. The van der Waals surface area contributed by atoms with Gasteiger partial charge in [-0.05, 0) is 31.5 Å². The zero-order valence-electron chi connectivity index (χ0n) is 13.9. The Bertz CT molecular complexity index is 772. The maximum absolute atomic E-state index is 4.57. The van der Waals surface area contributed by atoms with Gasteiger partial charge >= 0.3 is 0 Å². The summed E-state index contributed by atoms with van der Waals surface area (Å²) in [5, 5.41) is 6.63. The van der Waals surface area contributed by atoms with Gasteiger partial charge < -0.3 is 10.6 Å². The number of nitrogens with one attached hydrogen (secondary N) is 2. The number of benzene rings is 1. The Kier molecular flexibility index (Phi) is 5.01. The Labute approximate surface area is 142 Å². The van der Waals surface area contributed by atoms with E-state index in [0.717, 1.165) is 17.2 Å². The van der Waals surface area contributed by atoms with E-state index in [-0.39, 0.29) is 6.04 Å². The first kappa shape index (κ1) is 15.9. The zero-order valence-corrected chi connectivity index (χ0v) is 13.9. The SMILES string of the molecule is CC(C)Nc1nc(NCc2ccccc2)cc(-c2ccccn2)n1. The van der Waals surface area contributed by atoms with Crippen molar-refractivity contribution in [3.05, 3.63) is 66.4 Å². The van der Waals surface area contributed by atoms with Gasteiger partial charge in [-0.15, -0.1) is 0 Å². The van der Waals surface area contributed by atoms with E-state index in [2.05, 4.69) is 51.6 Å². The largest absolute Gasteiger partial charge is 0.366 e. The monoisotopic (exact) mass is 319 g/mol. The van der Waals surface area contributed by atoms with Crippen LogP contribution in [0, 0.1) is 0 Å². The number of rotatable bonds is 6. The predicted molar refractivity (Wildman–Crippen MR) is 97.8 cm³/mol. The third-order valence-corrected chi connectivity index (χ3v) is 3.39. The Morgan fingerprint density at radius 2 is 1.71 bits per heavy atom. The molecule has 3 aromatic rings. The molecule has 0 unspecified atom stereocenters. The van der Waals surface area contributed by atoms with E-state index >= 15 is 0 Å². The lowest BCUT2D eigenvalue weighted by Crippen LogP contribution is -2.14. The van der Waals surface area contributed by atoms with Crippen LogP contribution in [0.2, 0.25) is 0 Å². The third-order valence-electron chi connectivity index (χ3n) is 3.39. The molecule has 2 aromatic heterocycles. The summed E-state index contributed by atoms with van der Waals surface area (Å²) in [6, 6.07) is 18.2. The maximum Gasteiger partial charge on any atom is 0.225 e. The molecular formula is C19H21N5. The molecule has 0 amide bonds. The summed E-state index contributed by atoms with van der Waals surface area (Å²) in [6.07, 6.45) is 1.77. The molecule has 1 aromatic carbocycles. The molecule has 24 heavy (non-hydrogen) atoms. The van der Waals surface area contributed by atoms with E-state index in [1.807, 2.05) is 42.5 Å². The van der Waals surface area contributed by atoms with Crippen molar-refractivity contribution in [2.45, 2.75) is 26.4 Å². The maximum atomic E-state index is 4.57. The molecule has 5 heteroatoms. The topological polar surface area (TPSA) is 62.7 Å². The fraction of sp³-hybridized carbons (Fsp3) is 0.211. The van der Waals surface area contributed by atoms with E-state index in [0.29, 0.717) is 12.5 Å². The van der Waals surface area contributed by atoms with Crippen molar-refractivity contribution >= 4 is 11.8 Å². The van der Waals surface area contributed by atoms with Crippen LogP contribution in [-0.4, -0.2) is 21.0 Å². The minimum absolute atomic E-state index is 0.256. The number of anilines is 2. The van der Waals surface area contributed by atoms with Crippen molar-refractivity contribution in [3.8, 4) is 11.4 Å². The smallest absolute Gasteiger partial charge is 0.225 e. The lowest BCUT2D eigenvalue weighted by Gasteiger charge is -2.13. The second-order valence-electron chi connectivity index (χ2n) is 5.82. The molecule has 0 atom stereocenters. The summed E-state index contributed by atoms with van der Waals surface area (Å²) in [5.41, 5.74) is 2.83. The van der Waals surface area contributed by atoms with Gasteiger partial charge in [-0.3, -0.25) is 4.98 Å². The summed E-state index contributed by atoms with van der Waals surface area (Å²) in [7, 11) is 0. The van der Waals surface area contributed by atoms with Gasteiger partial charge in [-0.2, -0.15) is 4.98 Å². The molecule has 3 rings (SSSR count). The molecule has 2 N–H and O–H groups in total. The molecule has 122 valence electrons. The summed E-state index contributed by atoms with van der Waals surface area (Å²) < 4.78 is 0. The van der Waals surface area contributed by atoms with E-state index in [1.165, 1.54) is 5.56 Å². The number of hydrogen-bond donors (Lipinski definition) is 2. The minimum Gasteiger partial charge on any atom is -0.366 e. The van der Waals surface area contributed by atoms with Crippen molar-refractivity contribution < 1.29 is 0 Å². The average Bonchev–Trinajstić information content (AvgIpc) is 2.61. The number of pyridine rings is 1. The van der Waals surface area contributed by atoms with Crippen LogP contribution < -0.4 is 10.6 Å². The molecule has 0 fully saturated rings. The Balaban J connectivity index is 1.87. The number of aromatic nitrogens is 3. The van der Waals surface area contributed by atoms with Gasteiger partial charge in [0, 0.05) is 24.8 Å². The first-order valence-electron chi connectivity index (χ1n) is 8.05. The van der Waals surface area contributed by atoms with Crippen LogP contribution in [0.1, 0.15) is 19.4 Å². The molecule has 2 heterocycles.